The molecule has 4 aliphatic carbocycles. The zero-order chi connectivity index (χ0) is 18.5. The van der Waals surface area contributed by atoms with Crippen molar-refractivity contribution in [2.75, 3.05) is 0 Å². The fraction of sp³-hybridized carbons (Fsp3) is 0.850. The summed E-state index contributed by atoms with van der Waals surface area (Å²) in [5.41, 5.74) is -1.82. The highest BCUT2D eigenvalue weighted by molar-refractivity contribution is 6.04. The number of aliphatic hydroxyl groups excluding tert-OH is 4. The summed E-state index contributed by atoms with van der Waals surface area (Å²) in [5.74, 6) is -1.45. The third kappa shape index (κ3) is 1.76. The number of Topliss-reactive ketones (excluding diaryl/α,β-unsaturated/α-hetero) is 1. The molecule has 3 unspecified atom stereocenters. The molecule has 2 bridgehead atoms. The van der Waals surface area contributed by atoms with Gasteiger partial charge in [-0.05, 0) is 48.5 Å². The molecule has 4 saturated carbocycles. The number of rotatable bonds is 0. The van der Waals surface area contributed by atoms with Gasteiger partial charge >= 0.3 is 0 Å². The number of hydrogen-bond acceptors (Lipinski definition) is 5. The first-order valence-corrected chi connectivity index (χ1v) is 9.46. The maximum atomic E-state index is 13.2. The van der Waals surface area contributed by atoms with Crippen molar-refractivity contribution in [3.8, 4) is 0 Å². The fourth-order valence-electron chi connectivity index (χ4n) is 7.33. The van der Waals surface area contributed by atoms with Crippen molar-refractivity contribution in [1.82, 2.24) is 0 Å². The van der Waals surface area contributed by atoms with Gasteiger partial charge in [0.05, 0.1) is 29.8 Å². The van der Waals surface area contributed by atoms with Crippen LogP contribution in [0.5, 0.6) is 0 Å². The molecule has 4 fully saturated rings. The number of carbonyl (C=O) groups excluding carboxylic acids is 1. The third-order valence-corrected chi connectivity index (χ3v) is 8.62. The minimum atomic E-state index is -1.33. The Labute approximate surface area is 148 Å². The molecule has 5 heteroatoms. The van der Waals surface area contributed by atoms with Crippen LogP contribution in [0.25, 0.3) is 0 Å². The average Bonchev–Trinajstić information content (AvgIpc) is 2.66. The summed E-state index contributed by atoms with van der Waals surface area (Å²) in [4.78, 5) is 13.2. The molecule has 5 nitrogen and oxygen atoms in total. The second-order valence-corrected chi connectivity index (χ2v) is 9.83. The summed E-state index contributed by atoms with van der Waals surface area (Å²) in [6.07, 6.45) is -1.41. The molecule has 25 heavy (non-hydrogen) atoms. The minimum Gasteiger partial charge on any atom is -0.393 e. The van der Waals surface area contributed by atoms with E-state index in [9.17, 15) is 25.2 Å². The van der Waals surface area contributed by atoms with Crippen LogP contribution in [0.4, 0.5) is 0 Å². The average molecular weight is 350 g/mol. The van der Waals surface area contributed by atoms with Gasteiger partial charge in [-0.3, -0.25) is 4.79 Å². The first kappa shape index (κ1) is 17.7. The molecule has 0 saturated heterocycles. The van der Waals surface area contributed by atoms with E-state index in [-0.39, 0.29) is 22.7 Å². The quantitative estimate of drug-likeness (QED) is 0.489. The molecule has 0 radical (unpaired) electrons. The zero-order valence-electron chi connectivity index (χ0n) is 15.3. The van der Waals surface area contributed by atoms with Crippen LogP contribution in [0.2, 0.25) is 0 Å². The number of aliphatic hydroxyl groups is 4. The van der Waals surface area contributed by atoms with Crippen LogP contribution in [-0.4, -0.2) is 50.6 Å². The molecule has 0 amide bonds. The molecule has 0 aromatic rings. The summed E-state index contributed by atoms with van der Waals surface area (Å²) in [6, 6.07) is 0. The van der Waals surface area contributed by atoms with Crippen molar-refractivity contribution < 1.29 is 25.2 Å². The lowest BCUT2D eigenvalue weighted by atomic mass is 9.39. The lowest BCUT2D eigenvalue weighted by molar-refractivity contribution is -0.261. The molecule has 0 aromatic carbocycles. The Balaban J connectivity index is 1.93. The van der Waals surface area contributed by atoms with E-state index in [0.29, 0.717) is 19.3 Å². The number of fused-ring (bicyclic) bond motifs is 3. The highest BCUT2D eigenvalue weighted by Crippen LogP contribution is 2.70. The van der Waals surface area contributed by atoms with E-state index in [4.69, 9.17) is 0 Å². The smallest absolute Gasteiger partial charge is 0.170 e. The van der Waals surface area contributed by atoms with Crippen molar-refractivity contribution in [2.45, 2.75) is 70.9 Å². The highest BCUT2D eigenvalue weighted by atomic mass is 16.3. The van der Waals surface area contributed by atoms with E-state index in [1.807, 2.05) is 6.92 Å². The summed E-state index contributed by atoms with van der Waals surface area (Å²) in [5, 5.41) is 43.8. The van der Waals surface area contributed by atoms with Crippen molar-refractivity contribution >= 4 is 5.78 Å². The predicted molar refractivity (Wildman–Crippen MR) is 91.4 cm³/mol. The summed E-state index contributed by atoms with van der Waals surface area (Å²) >= 11 is 0. The van der Waals surface area contributed by atoms with Crippen LogP contribution >= 0.6 is 0 Å². The molecule has 4 N–H and O–H groups in total. The molecule has 9 atom stereocenters. The summed E-state index contributed by atoms with van der Waals surface area (Å²) < 4.78 is 0. The Kier molecular flexibility index (Phi) is 3.49. The molecule has 4 rings (SSSR count). The molecule has 4 aliphatic rings. The first-order valence-electron chi connectivity index (χ1n) is 9.46. The predicted octanol–water partition coefficient (Wildman–Crippen LogP) is 1.04. The second-order valence-electron chi connectivity index (χ2n) is 9.83. The normalized spacial score (nSPS) is 57.2. The van der Waals surface area contributed by atoms with Crippen LogP contribution < -0.4 is 0 Å². The third-order valence-electron chi connectivity index (χ3n) is 8.62. The number of hydrogen-bond donors (Lipinski definition) is 4. The van der Waals surface area contributed by atoms with E-state index in [1.165, 1.54) is 0 Å². The molecule has 0 aliphatic heterocycles. The van der Waals surface area contributed by atoms with E-state index >= 15 is 0 Å². The van der Waals surface area contributed by atoms with Gasteiger partial charge in [0, 0.05) is 11.3 Å². The lowest BCUT2D eigenvalue weighted by Gasteiger charge is -2.66. The van der Waals surface area contributed by atoms with E-state index in [1.54, 1.807) is 0 Å². The van der Waals surface area contributed by atoms with Gasteiger partial charge in [-0.25, -0.2) is 0 Å². The van der Waals surface area contributed by atoms with Gasteiger partial charge in [0.15, 0.2) is 5.78 Å². The maximum absolute atomic E-state index is 13.2. The second kappa shape index (κ2) is 4.94. The molecular weight excluding hydrogens is 320 g/mol. The Hall–Kier alpha value is -0.750. The van der Waals surface area contributed by atoms with Crippen molar-refractivity contribution in [1.29, 1.82) is 0 Å². The van der Waals surface area contributed by atoms with Crippen molar-refractivity contribution in [3.63, 3.8) is 0 Å². The van der Waals surface area contributed by atoms with E-state index in [0.717, 1.165) is 6.42 Å². The van der Waals surface area contributed by atoms with Crippen LogP contribution in [0, 0.1) is 34.0 Å². The largest absolute Gasteiger partial charge is 0.393 e. The fourth-order valence-corrected chi connectivity index (χ4v) is 7.33. The van der Waals surface area contributed by atoms with Gasteiger partial charge in [-0.1, -0.05) is 27.4 Å². The topological polar surface area (TPSA) is 98.0 Å². The van der Waals surface area contributed by atoms with Crippen molar-refractivity contribution in [2.24, 2.45) is 34.0 Å². The van der Waals surface area contributed by atoms with Crippen LogP contribution in [0.3, 0.4) is 0 Å². The monoisotopic (exact) mass is 350 g/mol. The van der Waals surface area contributed by atoms with Crippen LogP contribution in [0.1, 0.15) is 46.5 Å². The summed E-state index contributed by atoms with van der Waals surface area (Å²) in [6.45, 7) is 10.1. The Morgan fingerprint density at radius 3 is 2.28 bits per heavy atom. The van der Waals surface area contributed by atoms with Gasteiger partial charge < -0.3 is 20.4 Å². The first-order chi connectivity index (χ1) is 11.5. The number of carbonyl (C=O) groups is 1. The van der Waals surface area contributed by atoms with Gasteiger partial charge in [-0.15, -0.1) is 0 Å². The van der Waals surface area contributed by atoms with Crippen molar-refractivity contribution in [3.05, 3.63) is 12.2 Å². The van der Waals surface area contributed by atoms with Crippen LogP contribution in [-0.2, 0) is 4.79 Å². The lowest BCUT2D eigenvalue weighted by Crippen LogP contribution is -2.71. The Bertz CT molecular complexity index is 642. The maximum Gasteiger partial charge on any atom is 0.170 e. The van der Waals surface area contributed by atoms with E-state index in [2.05, 4.69) is 20.4 Å². The zero-order valence-corrected chi connectivity index (χ0v) is 15.3. The molecule has 0 aromatic heterocycles. The van der Waals surface area contributed by atoms with Gasteiger partial charge in [0.2, 0.25) is 0 Å². The van der Waals surface area contributed by atoms with Crippen LogP contribution in [0.15, 0.2) is 12.2 Å². The molecule has 0 heterocycles. The minimum absolute atomic E-state index is 0.0204. The molecular formula is C20H30O5. The Morgan fingerprint density at radius 2 is 1.64 bits per heavy atom. The van der Waals surface area contributed by atoms with Gasteiger partial charge in [0.25, 0.3) is 0 Å². The molecule has 1 spiro atoms. The Morgan fingerprint density at radius 1 is 1.00 bits per heavy atom. The standard InChI is InChI=1S/C20H30O5/c1-9-15-10(21)7-12-19(4)11(18(2,3)6-5-13(19)22)8-14(23)20(12,16(9)24)17(15)25/h10-15,17,21-23,25H,1,5-8H2,2-4H3/t10-,11+,12?,13-,14+,15?,17-,19+,20?/m0/s1. The number of ketones is 1. The van der Waals surface area contributed by atoms with Gasteiger partial charge in [0.1, 0.15) is 0 Å². The van der Waals surface area contributed by atoms with Gasteiger partial charge in [-0.2, -0.15) is 0 Å². The summed E-state index contributed by atoms with van der Waals surface area (Å²) in [7, 11) is 0. The highest BCUT2D eigenvalue weighted by Gasteiger charge is 2.76. The SMILES string of the molecule is C=C1C(=O)C23C(C[C@H](O)C1[C@@H]2O)[C@@]1(C)[C@H](C[C@H]3O)C(C)(C)CC[C@@H]1O. The molecule has 140 valence electrons. The van der Waals surface area contributed by atoms with E-state index < -0.39 is 47.1 Å².